The molecule has 3 saturated heterocycles. The van der Waals surface area contributed by atoms with E-state index in [9.17, 15) is 19.5 Å². The van der Waals surface area contributed by atoms with Gasteiger partial charge >= 0.3 is 0 Å². The first kappa shape index (κ1) is 42.0. The van der Waals surface area contributed by atoms with Crippen LogP contribution < -0.4 is 24.6 Å². The van der Waals surface area contributed by atoms with E-state index in [2.05, 4.69) is 38.2 Å². The third-order valence-electron chi connectivity index (χ3n) is 14.6. The van der Waals surface area contributed by atoms with Crippen LogP contribution in [0, 0.1) is 5.92 Å². The lowest BCUT2D eigenvalue weighted by atomic mass is 9.82. The topological polar surface area (TPSA) is 120 Å². The van der Waals surface area contributed by atoms with Crippen molar-refractivity contribution in [2.24, 2.45) is 5.92 Å². The summed E-state index contributed by atoms with van der Waals surface area (Å²) < 4.78 is 13.0. The predicted molar refractivity (Wildman–Crippen MR) is 242 cm³/mol. The molecule has 11 nitrogen and oxygen atoms in total. The Kier molecular flexibility index (Phi) is 11.4. The van der Waals surface area contributed by atoms with E-state index in [0.717, 1.165) is 70.4 Å². The Bertz CT molecular complexity index is 2390. The van der Waals surface area contributed by atoms with Gasteiger partial charge in [0.05, 0.1) is 52.6 Å². The summed E-state index contributed by atoms with van der Waals surface area (Å²) in [4.78, 5) is 64.3. The smallest absolute Gasteiger partial charge is 0.264 e. The number of benzene rings is 4. The van der Waals surface area contributed by atoms with Crippen molar-refractivity contribution in [3.05, 3.63) is 113 Å². The molecule has 5 aliphatic heterocycles. The Morgan fingerprint density at radius 1 is 0.839 bits per heavy atom. The Labute approximate surface area is 365 Å². The molecule has 1 N–H and O–H groups in total. The first-order valence-corrected chi connectivity index (χ1v) is 25.5. The van der Waals surface area contributed by atoms with Crippen molar-refractivity contribution < 1.29 is 33.8 Å². The zero-order chi connectivity index (χ0) is 43.3. The number of fused-ring (bicyclic) bond motifs is 3. The van der Waals surface area contributed by atoms with E-state index >= 15 is 4.79 Å². The fourth-order valence-corrected chi connectivity index (χ4v) is 15.3. The molecule has 5 aliphatic rings. The minimum Gasteiger partial charge on any atom is -0.497 e. The molecule has 0 saturated carbocycles. The van der Waals surface area contributed by atoms with Crippen molar-refractivity contribution in [1.82, 2.24) is 4.90 Å². The number of anilines is 3. The number of aliphatic hydroxyl groups is 1. The van der Waals surface area contributed by atoms with Gasteiger partial charge in [0.1, 0.15) is 5.75 Å². The van der Waals surface area contributed by atoms with Crippen LogP contribution in [-0.2, 0) is 49.0 Å². The molecular weight excluding hydrogens is 797 g/mol. The summed E-state index contributed by atoms with van der Waals surface area (Å²) in [6, 6.07) is 29.7. The van der Waals surface area contributed by atoms with Crippen LogP contribution in [0.15, 0.2) is 91.0 Å². The zero-order valence-electron chi connectivity index (χ0n) is 36.3. The van der Waals surface area contributed by atoms with Crippen LogP contribution >= 0.6 is 0 Å². The largest absolute Gasteiger partial charge is 0.497 e. The molecule has 0 unspecified atom stereocenters. The van der Waals surface area contributed by atoms with Gasteiger partial charge in [0.15, 0.2) is 5.60 Å². The summed E-state index contributed by atoms with van der Waals surface area (Å²) >= 11 is 0. The summed E-state index contributed by atoms with van der Waals surface area (Å²) in [5.41, 5.74) is 4.43. The second-order valence-electron chi connectivity index (χ2n) is 18.5. The number of piperidine rings is 2. The van der Waals surface area contributed by atoms with Gasteiger partial charge in [-0.15, -0.1) is 0 Å². The standard InChI is InChI=1S/C50H58N4O7Si/c1-33-48(62(3,4)41-21-19-40(60-2)20-22-41)44(29-47(58)53-31-36-14-6-5-13-35(36)27-39(53)32-55)61-50(33)42-28-38(52-25-10-8-17-46(52)57)18-23-43(42)54(49(50)59)30-34-12-11-15-37(26-34)51-24-9-7-16-45(51)56/h5-6,11-15,18-23,26,28,33,39,44,48,55H,7-10,16-17,24-25,27,29-32H2,1-4H3/t33-,39+,44+,48-,50+/m1/s1. The Morgan fingerprint density at radius 2 is 1.52 bits per heavy atom. The van der Waals surface area contributed by atoms with E-state index in [1.165, 1.54) is 0 Å². The lowest BCUT2D eigenvalue weighted by Crippen LogP contribution is -2.52. The summed E-state index contributed by atoms with van der Waals surface area (Å²) in [6.07, 6.45) is 4.54. The molecule has 0 bridgehead atoms. The maximum absolute atomic E-state index is 15.8. The molecular formula is C50H58N4O7Si. The van der Waals surface area contributed by atoms with E-state index in [1.54, 1.807) is 12.0 Å². The highest BCUT2D eigenvalue weighted by Gasteiger charge is 2.66. The Hall–Kier alpha value is -5.30. The first-order valence-electron chi connectivity index (χ1n) is 22.4. The fraction of sp³-hybridized carbons (Fsp3) is 0.440. The Balaban J connectivity index is 1.14. The lowest BCUT2D eigenvalue weighted by molar-refractivity contribution is -0.151. The number of carbonyl (C=O) groups excluding carboxylic acids is 4. The number of carbonyl (C=O) groups is 4. The minimum atomic E-state index is -2.61. The lowest BCUT2D eigenvalue weighted by Gasteiger charge is -2.39. The summed E-state index contributed by atoms with van der Waals surface area (Å²) in [7, 11) is -0.960. The van der Waals surface area contributed by atoms with Gasteiger partial charge in [-0.1, -0.05) is 73.7 Å². The molecule has 9 rings (SSSR count). The van der Waals surface area contributed by atoms with Gasteiger partial charge in [-0.2, -0.15) is 0 Å². The number of aliphatic hydroxyl groups excluding tert-OH is 1. The molecule has 4 amide bonds. The van der Waals surface area contributed by atoms with Gasteiger partial charge in [-0.3, -0.25) is 19.2 Å². The van der Waals surface area contributed by atoms with Gasteiger partial charge in [-0.05, 0) is 96.8 Å². The van der Waals surface area contributed by atoms with Crippen molar-refractivity contribution in [3.63, 3.8) is 0 Å². The molecule has 0 aliphatic carbocycles. The van der Waals surface area contributed by atoms with E-state index in [4.69, 9.17) is 9.47 Å². The Morgan fingerprint density at radius 3 is 2.18 bits per heavy atom. The molecule has 5 heterocycles. The van der Waals surface area contributed by atoms with Gasteiger partial charge in [0.25, 0.3) is 5.91 Å². The summed E-state index contributed by atoms with van der Waals surface area (Å²) in [5, 5.41) is 11.8. The molecule has 62 heavy (non-hydrogen) atoms. The highest BCUT2D eigenvalue weighted by atomic mass is 28.3. The monoisotopic (exact) mass is 854 g/mol. The molecule has 324 valence electrons. The molecule has 4 aromatic rings. The van der Waals surface area contributed by atoms with Crippen LogP contribution in [0.2, 0.25) is 18.6 Å². The van der Waals surface area contributed by atoms with Crippen molar-refractivity contribution in [1.29, 1.82) is 0 Å². The van der Waals surface area contributed by atoms with Crippen molar-refractivity contribution in [2.45, 2.75) is 108 Å². The summed E-state index contributed by atoms with van der Waals surface area (Å²) in [5.74, 6) is 0.240. The number of rotatable bonds is 10. The average Bonchev–Trinajstić information content (AvgIpc) is 3.71. The number of hydrogen-bond acceptors (Lipinski definition) is 7. The fourth-order valence-electron chi connectivity index (χ4n) is 11.3. The van der Waals surface area contributed by atoms with Gasteiger partial charge in [-0.25, -0.2) is 0 Å². The SMILES string of the molecule is COc1ccc([Si](C)(C)[C@H]2[C@H](CC(=O)N3Cc4ccccc4C[C@H]3CO)O[C@@]3(C(=O)N(Cc4cccc(N5CCCCC5=O)c4)c4ccc(N5CCCCC5=O)cc43)[C@@H]2C)cc1. The van der Waals surface area contributed by atoms with E-state index in [1.807, 2.05) is 87.5 Å². The van der Waals surface area contributed by atoms with E-state index in [0.29, 0.717) is 44.5 Å². The molecule has 4 aromatic carbocycles. The number of ether oxygens (including phenoxy) is 2. The van der Waals surface area contributed by atoms with Crippen LogP contribution in [0.5, 0.6) is 5.75 Å². The van der Waals surface area contributed by atoms with Gasteiger partial charge in [0, 0.05) is 55.3 Å². The maximum Gasteiger partial charge on any atom is 0.264 e. The van der Waals surface area contributed by atoms with Crippen LogP contribution in [0.3, 0.4) is 0 Å². The average molecular weight is 855 g/mol. The second kappa shape index (κ2) is 16.8. The molecule has 0 radical (unpaired) electrons. The predicted octanol–water partition coefficient (Wildman–Crippen LogP) is 6.83. The third kappa shape index (κ3) is 7.23. The second-order valence-corrected chi connectivity index (χ2v) is 23.1. The van der Waals surface area contributed by atoms with Crippen LogP contribution in [0.25, 0.3) is 0 Å². The maximum atomic E-state index is 15.8. The van der Waals surface area contributed by atoms with Gasteiger partial charge in [0.2, 0.25) is 17.7 Å². The highest BCUT2D eigenvalue weighted by Crippen LogP contribution is 2.61. The van der Waals surface area contributed by atoms with Crippen LogP contribution in [-0.4, -0.2) is 80.7 Å². The summed E-state index contributed by atoms with van der Waals surface area (Å²) in [6.45, 7) is 8.47. The molecule has 3 fully saturated rings. The third-order valence-corrected chi connectivity index (χ3v) is 19.0. The highest BCUT2D eigenvalue weighted by molar-refractivity contribution is 6.91. The first-order chi connectivity index (χ1) is 29.9. The molecule has 12 heteroatoms. The van der Waals surface area contributed by atoms with Gasteiger partial charge < -0.3 is 34.2 Å². The minimum absolute atomic E-state index is 0.0425. The molecule has 1 spiro atoms. The zero-order valence-corrected chi connectivity index (χ0v) is 37.3. The van der Waals surface area contributed by atoms with Crippen molar-refractivity contribution >= 4 is 54.0 Å². The van der Waals surface area contributed by atoms with E-state index < -0.39 is 19.8 Å². The van der Waals surface area contributed by atoms with Crippen LogP contribution in [0.4, 0.5) is 17.1 Å². The number of hydrogen-bond donors (Lipinski definition) is 1. The molecule has 5 atom stereocenters. The quantitative estimate of drug-likeness (QED) is 0.174. The van der Waals surface area contributed by atoms with Crippen molar-refractivity contribution in [3.8, 4) is 5.75 Å². The number of nitrogens with zero attached hydrogens (tertiary/aromatic N) is 4. The van der Waals surface area contributed by atoms with E-state index in [-0.39, 0.29) is 60.7 Å². The number of methoxy groups -OCH3 is 1. The molecule has 0 aromatic heterocycles. The normalized spacial score (nSPS) is 25.1. The van der Waals surface area contributed by atoms with Crippen LogP contribution in [0.1, 0.15) is 74.1 Å². The number of amides is 4. The van der Waals surface area contributed by atoms with Crippen molar-refractivity contribution in [2.75, 3.05) is 41.5 Å².